The van der Waals surface area contributed by atoms with Crippen molar-refractivity contribution in [1.82, 2.24) is 0 Å². The zero-order valence-electron chi connectivity index (χ0n) is 38.1. The van der Waals surface area contributed by atoms with Gasteiger partial charge in [0.1, 0.15) is 56.3 Å². The van der Waals surface area contributed by atoms with Gasteiger partial charge in [0, 0.05) is 22.3 Å². The second-order valence-electron chi connectivity index (χ2n) is 16.5. The first kappa shape index (κ1) is 55.7. The summed E-state index contributed by atoms with van der Waals surface area (Å²) < 4.78 is 44.1. The van der Waals surface area contributed by atoms with Crippen molar-refractivity contribution < 1.29 is 76.3 Å². The molecule has 0 radical (unpaired) electrons. The molecule has 0 saturated carbocycles. The highest BCUT2D eigenvalue weighted by Crippen LogP contribution is 2.26. The third-order valence-corrected chi connectivity index (χ3v) is 9.06. The van der Waals surface area contributed by atoms with E-state index < -0.39 is 128 Å². The summed E-state index contributed by atoms with van der Waals surface area (Å²) in [5.41, 5.74) is -0.987. The van der Waals surface area contributed by atoms with E-state index in [0.29, 0.717) is 0 Å². The Morgan fingerprint density at radius 1 is 0.361 bits per heavy atom. The Bertz CT molecular complexity index is 1390. The van der Waals surface area contributed by atoms with Crippen molar-refractivity contribution >= 4 is 47.8 Å². The Kier molecular flexibility index (Phi) is 24.5. The molecule has 16 nitrogen and oxygen atoms in total. The van der Waals surface area contributed by atoms with Gasteiger partial charge in [-0.05, 0) is 81.1 Å². The second-order valence-corrected chi connectivity index (χ2v) is 16.5. The van der Waals surface area contributed by atoms with Crippen LogP contribution in [-0.4, -0.2) is 98.6 Å². The molecule has 0 aromatic carbocycles. The molecule has 344 valence electrons. The van der Waals surface area contributed by atoms with Crippen LogP contribution in [0.2, 0.25) is 0 Å². The molecule has 0 heterocycles. The molecule has 16 heteroatoms. The molecule has 8 unspecified atom stereocenters. The first-order valence-corrected chi connectivity index (χ1v) is 20.2. The molecule has 0 aromatic heterocycles. The molecule has 8 atom stereocenters. The summed E-state index contributed by atoms with van der Waals surface area (Å²) in [5.74, 6) is -8.85. The van der Waals surface area contributed by atoms with Crippen molar-refractivity contribution in [2.45, 2.75) is 133 Å². The van der Waals surface area contributed by atoms with Gasteiger partial charge >= 0.3 is 47.8 Å². The lowest BCUT2D eigenvalue weighted by atomic mass is 9.91. The highest BCUT2D eigenvalue weighted by molar-refractivity contribution is 5.88. The number of carbonyl (C=O) groups excluding carboxylic acids is 8. The predicted molar refractivity (Wildman–Crippen MR) is 223 cm³/mol. The number of carbonyl (C=O) groups is 8. The molecule has 0 bridgehead atoms. The molecule has 0 saturated heterocycles. The summed E-state index contributed by atoms with van der Waals surface area (Å²) in [4.78, 5) is 102. The number of ether oxygens (including phenoxy) is 8. The Balaban J connectivity index is 6.66. The first-order valence-electron chi connectivity index (χ1n) is 20.2. The van der Waals surface area contributed by atoms with Crippen molar-refractivity contribution in [1.29, 1.82) is 0 Å². The van der Waals surface area contributed by atoms with Gasteiger partial charge in [-0.25, -0.2) is 19.2 Å². The third-order valence-electron chi connectivity index (χ3n) is 9.06. The quantitative estimate of drug-likeness (QED) is 0.0481. The van der Waals surface area contributed by atoms with Crippen LogP contribution in [-0.2, 0) is 76.3 Å². The minimum absolute atomic E-state index is 0.0623. The summed E-state index contributed by atoms with van der Waals surface area (Å²) in [6, 6.07) is 0. The number of rotatable bonds is 28. The zero-order valence-corrected chi connectivity index (χ0v) is 38.1. The fourth-order valence-electron chi connectivity index (χ4n) is 5.42. The Labute approximate surface area is 360 Å². The van der Waals surface area contributed by atoms with Crippen LogP contribution in [0.3, 0.4) is 0 Å². The number of hydrogen-bond acceptors (Lipinski definition) is 16. The van der Waals surface area contributed by atoms with Gasteiger partial charge in [-0.3, -0.25) is 19.2 Å². The largest absolute Gasteiger partial charge is 0.464 e. The normalized spacial score (nSPS) is 15.8. The minimum atomic E-state index is -1.69. The molecule has 0 spiro atoms. The van der Waals surface area contributed by atoms with Crippen LogP contribution in [0.1, 0.15) is 109 Å². The van der Waals surface area contributed by atoms with E-state index in [1.54, 1.807) is 55.4 Å². The van der Waals surface area contributed by atoms with Crippen molar-refractivity contribution in [3.05, 3.63) is 48.6 Å². The Hall–Kier alpha value is -5.28. The van der Waals surface area contributed by atoms with Gasteiger partial charge in [0.2, 0.25) is 0 Å². The van der Waals surface area contributed by atoms with Crippen LogP contribution in [0.4, 0.5) is 0 Å². The van der Waals surface area contributed by atoms with Gasteiger partial charge in [0.15, 0.2) is 0 Å². The molecular weight excluding hydrogens is 796 g/mol. The summed E-state index contributed by atoms with van der Waals surface area (Å²) >= 11 is 0. The van der Waals surface area contributed by atoms with Gasteiger partial charge in [-0.15, -0.1) is 0 Å². The average Bonchev–Trinajstić information content (AvgIpc) is 3.15. The van der Waals surface area contributed by atoms with E-state index in [1.807, 2.05) is 0 Å². The molecule has 0 aliphatic rings. The maximum Gasteiger partial charge on any atom is 0.333 e. The minimum Gasteiger partial charge on any atom is -0.464 e. The monoisotopic (exact) mass is 864 g/mol. The maximum atomic E-state index is 13.4. The molecule has 0 aromatic rings. The first-order chi connectivity index (χ1) is 28.1. The van der Waals surface area contributed by atoms with E-state index >= 15 is 0 Å². The Morgan fingerprint density at radius 3 is 0.672 bits per heavy atom. The summed E-state index contributed by atoms with van der Waals surface area (Å²) in [7, 11) is 0. The van der Waals surface area contributed by atoms with Gasteiger partial charge in [0.25, 0.3) is 0 Å². The summed E-state index contributed by atoms with van der Waals surface area (Å²) in [5, 5.41) is 0. The van der Waals surface area contributed by atoms with Crippen LogP contribution < -0.4 is 0 Å². The van der Waals surface area contributed by atoms with Crippen molar-refractivity contribution in [2.24, 2.45) is 29.1 Å². The van der Waals surface area contributed by atoms with E-state index in [9.17, 15) is 38.4 Å². The Morgan fingerprint density at radius 2 is 0.525 bits per heavy atom. The van der Waals surface area contributed by atoms with Crippen LogP contribution in [0.5, 0.6) is 0 Å². The van der Waals surface area contributed by atoms with Crippen LogP contribution in [0, 0.1) is 29.1 Å². The van der Waals surface area contributed by atoms with Crippen molar-refractivity contribution in [2.75, 3.05) is 26.4 Å². The van der Waals surface area contributed by atoms with E-state index in [0.717, 1.165) is 0 Å². The third kappa shape index (κ3) is 22.2. The van der Waals surface area contributed by atoms with Crippen molar-refractivity contribution in [3.63, 3.8) is 0 Å². The number of hydrogen-bond donors (Lipinski definition) is 0. The van der Waals surface area contributed by atoms with Gasteiger partial charge < -0.3 is 37.9 Å². The molecule has 0 aliphatic heterocycles. The topological polar surface area (TPSA) is 210 Å². The molecule has 61 heavy (non-hydrogen) atoms. The smallest absolute Gasteiger partial charge is 0.333 e. The number of esters is 8. The second kappa shape index (κ2) is 26.8. The highest BCUT2D eigenvalue weighted by atomic mass is 16.6. The summed E-state index contributed by atoms with van der Waals surface area (Å²) in [6.45, 7) is 30.4. The fourth-order valence-corrected chi connectivity index (χ4v) is 5.42. The van der Waals surface area contributed by atoms with Crippen LogP contribution >= 0.6 is 0 Å². The summed E-state index contributed by atoms with van der Waals surface area (Å²) in [6.07, 6.45) is -2.55. The molecule has 0 rings (SSSR count). The molecule has 0 aliphatic carbocycles. The van der Waals surface area contributed by atoms with Gasteiger partial charge in [-0.2, -0.15) is 0 Å². The SMILES string of the molecule is C=C(C)C(=O)OC(C)CC(C)C(=O)OCC(COC(=O)C(C)CC(C)OC(=O)C(=C)C)(COC(=O)C(C)CC(C)OC(=O)C(=C)C)COC(=O)C(C)CC(C)OC(=O)C(=C)C. The van der Waals surface area contributed by atoms with Crippen LogP contribution in [0.15, 0.2) is 48.6 Å². The van der Waals surface area contributed by atoms with E-state index in [2.05, 4.69) is 26.3 Å². The molecule has 0 N–H and O–H groups in total. The van der Waals surface area contributed by atoms with Gasteiger partial charge in [-0.1, -0.05) is 54.0 Å². The predicted octanol–water partition coefficient (Wildman–Crippen LogP) is 6.28. The van der Waals surface area contributed by atoms with E-state index in [-0.39, 0.29) is 48.0 Å². The lowest BCUT2D eigenvalue weighted by Crippen LogP contribution is -2.45. The molecule has 0 fully saturated rings. The van der Waals surface area contributed by atoms with E-state index in [1.165, 1.54) is 27.7 Å². The van der Waals surface area contributed by atoms with Crippen molar-refractivity contribution in [3.8, 4) is 0 Å². The lowest BCUT2D eigenvalue weighted by molar-refractivity contribution is -0.178. The molecular formula is C45H68O16. The standard InChI is InChI=1S/C45H68O16/c1-25(2)37(46)58-33(13)17-29(9)41(50)54-21-45(22-55-42(51)30(10)18-34(14)59-38(47)26(3)4,23-56-43(52)31(11)19-35(15)60-39(48)27(5)6)24-57-44(53)32(12)20-36(16)61-40(49)28(7)8/h29-36H,1,3,5,7,17-24H2,2,4,6,8-16H3. The van der Waals surface area contributed by atoms with Crippen LogP contribution in [0.25, 0.3) is 0 Å². The lowest BCUT2D eigenvalue weighted by Gasteiger charge is -2.33. The van der Waals surface area contributed by atoms with Gasteiger partial charge in [0.05, 0.1) is 23.7 Å². The fraction of sp³-hybridized carbons (Fsp3) is 0.644. The molecule has 0 amide bonds. The zero-order chi connectivity index (χ0) is 47.4. The average molecular weight is 865 g/mol. The maximum absolute atomic E-state index is 13.4. The highest BCUT2D eigenvalue weighted by Gasteiger charge is 2.40. The van der Waals surface area contributed by atoms with E-state index in [4.69, 9.17) is 37.9 Å².